The summed E-state index contributed by atoms with van der Waals surface area (Å²) in [6, 6.07) is 6.64. The fourth-order valence-corrected chi connectivity index (χ4v) is 1.52. The molecule has 2 rings (SSSR count). The maximum atomic E-state index is 10.8. The summed E-state index contributed by atoms with van der Waals surface area (Å²) in [5.41, 5.74) is 0.151. The highest BCUT2D eigenvalue weighted by atomic mass is 16.6. The molecule has 1 N–H and O–H groups in total. The minimum absolute atomic E-state index is 0.0759. The van der Waals surface area contributed by atoms with Crippen LogP contribution in [0.15, 0.2) is 30.5 Å². The van der Waals surface area contributed by atoms with Crippen LogP contribution in [0.25, 0.3) is 10.9 Å². The van der Waals surface area contributed by atoms with Gasteiger partial charge in [-0.15, -0.1) is 0 Å². The lowest BCUT2D eigenvalue weighted by Gasteiger charge is -2.07. The van der Waals surface area contributed by atoms with Crippen LogP contribution in [0, 0.1) is 10.1 Å². The summed E-state index contributed by atoms with van der Waals surface area (Å²) in [5, 5.41) is 19.8. The monoisotopic (exact) mass is 248 g/mol. The molecule has 92 valence electrons. The average molecular weight is 248 g/mol. The Morgan fingerprint density at radius 3 is 2.83 bits per heavy atom. The van der Waals surface area contributed by atoms with Crippen molar-refractivity contribution in [2.75, 3.05) is 6.61 Å². The molecule has 0 spiro atoms. The van der Waals surface area contributed by atoms with E-state index in [1.807, 2.05) is 0 Å². The summed E-state index contributed by atoms with van der Waals surface area (Å²) in [7, 11) is 0. The van der Waals surface area contributed by atoms with Crippen molar-refractivity contribution in [1.82, 2.24) is 4.98 Å². The summed E-state index contributed by atoms with van der Waals surface area (Å²) < 4.78 is 4.99. The van der Waals surface area contributed by atoms with Crippen molar-refractivity contribution >= 4 is 22.6 Å². The maximum Gasteiger partial charge on any atom is 0.341 e. The Kier molecular flexibility index (Phi) is 3.05. The number of nitrogens with zero attached hydrogens (tertiary/aromatic N) is 2. The van der Waals surface area contributed by atoms with Crippen molar-refractivity contribution in [2.45, 2.75) is 0 Å². The third kappa shape index (κ3) is 2.19. The predicted octanol–water partition coefficient (Wildman–Crippen LogP) is 1.61. The fraction of sp³-hybridized carbons (Fsp3) is 0.0909. The van der Waals surface area contributed by atoms with E-state index in [0.717, 1.165) is 6.20 Å². The van der Waals surface area contributed by atoms with E-state index in [0.29, 0.717) is 10.9 Å². The smallest absolute Gasteiger partial charge is 0.341 e. The first-order valence-electron chi connectivity index (χ1n) is 4.96. The Balaban J connectivity index is 2.58. The van der Waals surface area contributed by atoms with E-state index in [4.69, 9.17) is 9.84 Å². The zero-order chi connectivity index (χ0) is 13.1. The van der Waals surface area contributed by atoms with Gasteiger partial charge in [0.2, 0.25) is 5.75 Å². The van der Waals surface area contributed by atoms with Crippen molar-refractivity contribution in [3.63, 3.8) is 0 Å². The average Bonchev–Trinajstić information content (AvgIpc) is 2.35. The van der Waals surface area contributed by atoms with Gasteiger partial charge in [0, 0.05) is 5.39 Å². The van der Waals surface area contributed by atoms with Gasteiger partial charge in [0.05, 0.1) is 10.4 Å². The quantitative estimate of drug-likeness (QED) is 0.651. The summed E-state index contributed by atoms with van der Waals surface area (Å²) in [6.45, 7) is -0.644. The van der Waals surface area contributed by atoms with E-state index in [1.165, 1.54) is 0 Å². The van der Waals surface area contributed by atoms with Gasteiger partial charge in [0.15, 0.2) is 6.61 Å². The molecule has 2 aromatic rings. The van der Waals surface area contributed by atoms with Crippen molar-refractivity contribution in [3.05, 3.63) is 40.6 Å². The number of hydrogen-bond acceptors (Lipinski definition) is 5. The Labute approximate surface area is 101 Å². The van der Waals surface area contributed by atoms with Gasteiger partial charge in [-0.3, -0.25) is 10.1 Å². The molecule has 0 atom stereocenters. The molecule has 18 heavy (non-hydrogen) atoms. The van der Waals surface area contributed by atoms with E-state index in [-0.39, 0.29) is 11.4 Å². The SMILES string of the molecule is O=C(O)COc1c([N+](=O)[O-])cnc2ccccc12. The molecule has 0 saturated heterocycles. The maximum absolute atomic E-state index is 10.8. The number of para-hydroxylation sites is 1. The van der Waals surface area contributed by atoms with E-state index in [2.05, 4.69) is 4.98 Å². The van der Waals surface area contributed by atoms with Crippen LogP contribution in [0.3, 0.4) is 0 Å². The van der Waals surface area contributed by atoms with E-state index < -0.39 is 17.5 Å². The summed E-state index contributed by atoms with van der Waals surface area (Å²) in [5.74, 6) is -1.28. The highest BCUT2D eigenvalue weighted by molar-refractivity contribution is 5.88. The lowest BCUT2D eigenvalue weighted by molar-refractivity contribution is -0.386. The largest absolute Gasteiger partial charge is 0.479 e. The number of carbonyl (C=O) groups is 1. The highest BCUT2D eigenvalue weighted by Gasteiger charge is 2.20. The molecule has 0 amide bonds. The van der Waals surface area contributed by atoms with Crippen LogP contribution in [-0.2, 0) is 4.79 Å². The molecule has 7 heteroatoms. The summed E-state index contributed by atoms with van der Waals surface area (Å²) in [4.78, 5) is 24.6. The van der Waals surface area contributed by atoms with E-state index in [9.17, 15) is 14.9 Å². The molecular formula is C11H8N2O5. The van der Waals surface area contributed by atoms with Crippen LogP contribution in [-0.4, -0.2) is 27.6 Å². The summed E-state index contributed by atoms with van der Waals surface area (Å²) >= 11 is 0. The topological polar surface area (TPSA) is 103 Å². The molecule has 0 aliphatic rings. The molecule has 0 saturated carbocycles. The molecule has 0 aliphatic carbocycles. The second-order valence-electron chi connectivity index (χ2n) is 3.43. The second-order valence-corrected chi connectivity index (χ2v) is 3.43. The minimum Gasteiger partial charge on any atom is -0.479 e. The third-order valence-electron chi connectivity index (χ3n) is 2.24. The van der Waals surface area contributed by atoms with Crippen LogP contribution < -0.4 is 4.74 Å². The van der Waals surface area contributed by atoms with Crippen LogP contribution in [0.5, 0.6) is 5.75 Å². The fourth-order valence-electron chi connectivity index (χ4n) is 1.52. The lowest BCUT2D eigenvalue weighted by atomic mass is 10.2. The summed E-state index contributed by atoms with van der Waals surface area (Å²) in [6.07, 6.45) is 1.06. The van der Waals surface area contributed by atoms with Gasteiger partial charge in [-0.1, -0.05) is 12.1 Å². The normalized spacial score (nSPS) is 10.2. The Hall–Kier alpha value is -2.70. The van der Waals surface area contributed by atoms with Gasteiger partial charge >= 0.3 is 11.7 Å². The Morgan fingerprint density at radius 2 is 2.17 bits per heavy atom. The number of aromatic nitrogens is 1. The molecule has 0 aliphatic heterocycles. The first-order chi connectivity index (χ1) is 8.59. The number of ether oxygens (including phenoxy) is 1. The van der Waals surface area contributed by atoms with Crippen LogP contribution in [0.1, 0.15) is 0 Å². The van der Waals surface area contributed by atoms with Crippen LogP contribution in [0.2, 0.25) is 0 Å². The van der Waals surface area contributed by atoms with Crippen molar-refractivity contribution < 1.29 is 19.6 Å². The minimum atomic E-state index is -1.20. The first kappa shape index (κ1) is 11.8. The molecule has 7 nitrogen and oxygen atoms in total. The predicted molar refractivity (Wildman–Crippen MR) is 61.5 cm³/mol. The zero-order valence-corrected chi connectivity index (χ0v) is 9.07. The highest BCUT2D eigenvalue weighted by Crippen LogP contribution is 2.33. The molecular weight excluding hydrogens is 240 g/mol. The lowest BCUT2D eigenvalue weighted by Crippen LogP contribution is -2.11. The number of rotatable bonds is 4. The zero-order valence-electron chi connectivity index (χ0n) is 9.07. The van der Waals surface area contributed by atoms with Crippen molar-refractivity contribution in [2.24, 2.45) is 0 Å². The van der Waals surface area contributed by atoms with Gasteiger partial charge in [-0.25, -0.2) is 9.78 Å². The molecule has 0 radical (unpaired) electrons. The van der Waals surface area contributed by atoms with Gasteiger partial charge in [-0.05, 0) is 12.1 Å². The van der Waals surface area contributed by atoms with Crippen molar-refractivity contribution in [1.29, 1.82) is 0 Å². The van der Waals surface area contributed by atoms with Crippen molar-refractivity contribution in [3.8, 4) is 5.75 Å². The number of fused-ring (bicyclic) bond motifs is 1. The number of aliphatic carboxylic acids is 1. The molecule has 0 fully saturated rings. The molecule has 1 heterocycles. The molecule has 1 aromatic carbocycles. The first-order valence-corrected chi connectivity index (χ1v) is 4.96. The van der Waals surface area contributed by atoms with Crippen LogP contribution >= 0.6 is 0 Å². The Morgan fingerprint density at radius 1 is 1.44 bits per heavy atom. The van der Waals surface area contributed by atoms with E-state index in [1.54, 1.807) is 24.3 Å². The number of carboxylic acids is 1. The molecule has 0 unspecified atom stereocenters. The van der Waals surface area contributed by atoms with Gasteiger partial charge in [-0.2, -0.15) is 0 Å². The van der Waals surface area contributed by atoms with Gasteiger partial charge < -0.3 is 9.84 Å². The molecule has 1 aromatic heterocycles. The number of hydrogen-bond donors (Lipinski definition) is 1. The standard InChI is InChI=1S/C11H8N2O5/c14-10(15)6-18-11-7-3-1-2-4-8(7)12-5-9(11)13(16)17/h1-5H,6H2,(H,14,15). The molecule has 0 bridgehead atoms. The number of pyridine rings is 1. The number of carboxylic acid groups (broad SMARTS) is 1. The second kappa shape index (κ2) is 4.66. The Bertz CT molecular complexity index is 626. The number of benzene rings is 1. The van der Waals surface area contributed by atoms with Crippen LogP contribution in [0.4, 0.5) is 5.69 Å². The van der Waals surface area contributed by atoms with Gasteiger partial charge in [0.25, 0.3) is 0 Å². The third-order valence-corrected chi connectivity index (χ3v) is 2.24. The number of nitro groups is 1. The van der Waals surface area contributed by atoms with Gasteiger partial charge in [0.1, 0.15) is 6.20 Å². The van der Waals surface area contributed by atoms with E-state index >= 15 is 0 Å².